The molecule has 0 aromatic heterocycles. The van der Waals surface area contributed by atoms with E-state index in [0.717, 1.165) is 31.5 Å². The summed E-state index contributed by atoms with van der Waals surface area (Å²) in [7, 11) is 1.07. The maximum atomic E-state index is 13.6. The molecule has 0 N–H and O–H groups in total. The van der Waals surface area contributed by atoms with Crippen LogP contribution in [0.3, 0.4) is 0 Å². The number of hydrazone groups is 1. The summed E-state index contributed by atoms with van der Waals surface area (Å²) in [5, 5.41) is 6.78. The van der Waals surface area contributed by atoms with E-state index in [-0.39, 0.29) is 0 Å². The average Bonchev–Trinajstić information content (AvgIpc) is 2.40. The Morgan fingerprint density at radius 3 is 1.70 bits per heavy atom. The molecule has 0 aromatic carbocycles. The van der Waals surface area contributed by atoms with Crippen molar-refractivity contribution in [2.45, 2.75) is 34.6 Å². The lowest BCUT2D eigenvalue weighted by Gasteiger charge is -2.38. The monoisotopic (exact) mass is 302 g/mol. The highest BCUT2D eigenvalue weighted by molar-refractivity contribution is 7.63. The molecule has 6 heteroatoms. The first-order valence-corrected chi connectivity index (χ1v) is 8.99. The van der Waals surface area contributed by atoms with Gasteiger partial charge in [0.05, 0.1) is 0 Å². The van der Waals surface area contributed by atoms with Crippen LogP contribution >= 0.6 is 7.44 Å². The molecular weight excluding hydrogens is 271 g/mol. The van der Waals surface area contributed by atoms with Gasteiger partial charge in [-0.3, -0.25) is 4.57 Å². The lowest BCUT2D eigenvalue weighted by atomic mass is 10.5. The Kier molecular flexibility index (Phi) is 9.03. The highest BCUT2D eigenvalue weighted by Crippen LogP contribution is 2.59. The van der Waals surface area contributed by atoms with Gasteiger partial charge in [-0.1, -0.05) is 27.7 Å². The molecule has 0 atom stereocenters. The summed E-state index contributed by atoms with van der Waals surface area (Å²) in [4.78, 5) is 0. The quantitative estimate of drug-likeness (QED) is 0.372. The molecule has 0 fully saturated rings. The van der Waals surface area contributed by atoms with Crippen LogP contribution in [-0.4, -0.2) is 60.8 Å². The third kappa shape index (κ3) is 4.72. The van der Waals surface area contributed by atoms with Gasteiger partial charge in [0.15, 0.2) is 0 Å². The van der Waals surface area contributed by atoms with E-state index in [9.17, 15) is 4.57 Å². The second-order valence-electron chi connectivity index (χ2n) is 4.74. The number of nitrogens with zero attached hydrogens (tertiary/aromatic N) is 4. The molecule has 20 heavy (non-hydrogen) atoms. The Bertz CT molecular complexity index is 355. The first-order valence-electron chi connectivity index (χ1n) is 7.37. The zero-order chi connectivity index (χ0) is 15.8. The fraction of sp³-hybridized carbons (Fsp3) is 0.786. The van der Waals surface area contributed by atoms with Gasteiger partial charge in [-0.25, -0.2) is 9.34 Å². The van der Waals surface area contributed by atoms with Gasteiger partial charge in [-0.05, 0) is 13.0 Å². The lowest BCUT2D eigenvalue weighted by Crippen LogP contribution is -2.32. The van der Waals surface area contributed by atoms with Crippen molar-refractivity contribution in [2.24, 2.45) is 5.10 Å². The van der Waals surface area contributed by atoms with Gasteiger partial charge in [-0.15, -0.1) is 0 Å². The minimum Gasteiger partial charge on any atom is -0.303 e. The summed E-state index contributed by atoms with van der Waals surface area (Å²) >= 11 is 0. The molecule has 0 radical (unpaired) electrons. The molecule has 0 aliphatic heterocycles. The third-order valence-corrected chi connectivity index (χ3v) is 7.03. The smallest absolute Gasteiger partial charge is 0.241 e. The molecule has 118 valence electrons. The van der Waals surface area contributed by atoms with Gasteiger partial charge >= 0.3 is 0 Å². The molecule has 0 spiro atoms. The van der Waals surface area contributed by atoms with Gasteiger partial charge < -0.3 is 5.01 Å². The zero-order valence-electron chi connectivity index (χ0n) is 14.1. The van der Waals surface area contributed by atoms with E-state index < -0.39 is 7.44 Å². The molecule has 0 aliphatic carbocycles. The van der Waals surface area contributed by atoms with Crippen LogP contribution in [0.25, 0.3) is 0 Å². The first kappa shape index (κ1) is 19.4. The van der Waals surface area contributed by atoms with Crippen LogP contribution in [0.5, 0.6) is 0 Å². The minimum absolute atomic E-state index is 0.778. The Morgan fingerprint density at radius 2 is 1.40 bits per heavy atom. The summed E-state index contributed by atoms with van der Waals surface area (Å²) in [5.74, 6) is 0. The Hall–Kier alpha value is -0.640. The van der Waals surface area contributed by atoms with Crippen molar-refractivity contribution in [3.05, 3.63) is 11.4 Å². The van der Waals surface area contributed by atoms with Crippen molar-refractivity contribution in [1.29, 1.82) is 0 Å². The second-order valence-corrected chi connectivity index (χ2v) is 7.67. The van der Waals surface area contributed by atoms with E-state index in [0.29, 0.717) is 0 Å². The van der Waals surface area contributed by atoms with E-state index in [1.165, 1.54) is 0 Å². The largest absolute Gasteiger partial charge is 0.303 e. The average molecular weight is 302 g/mol. The predicted octanol–water partition coefficient (Wildman–Crippen LogP) is 3.31. The maximum absolute atomic E-state index is 13.6. The SMILES string of the molecule is CCN(CC)P(=O)(/C(C)=C\C=N\N(C)C)N(CC)CC. The first-order chi connectivity index (χ1) is 9.38. The predicted molar refractivity (Wildman–Crippen MR) is 89.4 cm³/mol. The van der Waals surface area contributed by atoms with Crippen molar-refractivity contribution < 1.29 is 4.57 Å². The van der Waals surface area contributed by atoms with Crippen molar-refractivity contribution >= 4 is 13.7 Å². The van der Waals surface area contributed by atoms with Crippen molar-refractivity contribution in [2.75, 3.05) is 40.3 Å². The summed E-state index contributed by atoms with van der Waals surface area (Å²) < 4.78 is 17.8. The summed E-state index contributed by atoms with van der Waals surface area (Å²) in [6.45, 7) is 13.3. The van der Waals surface area contributed by atoms with Crippen molar-refractivity contribution in [1.82, 2.24) is 14.3 Å². The van der Waals surface area contributed by atoms with E-state index in [1.807, 2.05) is 27.1 Å². The number of hydrogen-bond donors (Lipinski definition) is 0. The second kappa shape index (κ2) is 9.32. The van der Waals surface area contributed by atoms with Crippen LogP contribution in [0.15, 0.2) is 16.5 Å². The third-order valence-electron chi connectivity index (χ3n) is 3.30. The molecule has 5 nitrogen and oxygen atoms in total. The van der Waals surface area contributed by atoms with Crippen molar-refractivity contribution in [3.8, 4) is 0 Å². The fourth-order valence-corrected chi connectivity index (χ4v) is 5.26. The number of allylic oxidation sites excluding steroid dienone is 2. The maximum Gasteiger partial charge on any atom is 0.241 e. The van der Waals surface area contributed by atoms with Crippen LogP contribution in [0, 0.1) is 0 Å². The molecule has 0 saturated heterocycles. The topological polar surface area (TPSA) is 39.2 Å². The molecule has 0 aromatic rings. The van der Waals surface area contributed by atoms with E-state index in [1.54, 1.807) is 11.2 Å². The molecule has 0 saturated carbocycles. The van der Waals surface area contributed by atoms with Gasteiger partial charge in [0.1, 0.15) is 0 Å². The fourth-order valence-electron chi connectivity index (χ4n) is 2.21. The number of rotatable bonds is 9. The Labute approximate surface area is 124 Å². The molecular formula is C14H31N4OP. The van der Waals surface area contributed by atoms with Gasteiger partial charge in [0, 0.05) is 51.8 Å². The van der Waals surface area contributed by atoms with Crippen LogP contribution in [0.4, 0.5) is 0 Å². The normalized spacial score (nSPS) is 13.8. The van der Waals surface area contributed by atoms with Gasteiger partial charge in [0.25, 0.3) is 0 Å². The van der Waals surface area contributed by atoms with E-state index in [4.69, 9.17) is 0 Å². The van der Waals surface area contributed by atoms with Crippen LogP contribution in [0.2, 0.25) is 0 Å². The van der Waals surface area contributed by atoms with Gasteiger partial charge in [0.2, 0.25) is 7.44 Å². The summed E-state index contributed by atoms with van der Waals surface area (Å²) in [6, 6.07) is 0. The summed E-state index contributed by atoms with van der Waals surface area (Å²) in [5.41, 5.74) is 0. The standard InChI is InChI=1S/C14H31N4OP/c1-8-17(9-2)20(19,18(10-3)11-4)14(5)12-13-15-16(6)7/h12-13H,8-11H2,1-7H3/b14-12-,15-13+. The van der Waals surface area contributed by atoms with Crippen molar-refractivity contribution in [3.63, 3.8) is 0 Å². The van der Waals surface area contributed by atoms with Gasteiger partial charge in [-0.2, -0.15) is 5.10 Å². The van der Waals surface area contributed by atoms with Crippen LogP contribution in [-0.2, 0) is 4.57 Å². The molecule has 0 bridgehead atoms. The zero-order valence-corrected chi connectivity index (χ0v) is 15.0. The number of hydrogen-bond acceptors (Lipinski definition) is 3. The molecule has 0 unspecified atom stereocenters. The lowest BCUT2D eigenvalue weighted by molar-refractivity contribution is 0.365. The van der Waals surface area contributed by atoms with Crippen LogP contribution in [0.1, 0.15) is 34.6 Å². The molecule has 0 rings (SSSR count). The van der Waals surface area contributed by atoms with E-state index in [2.05, 4.69) is 42.1 Å². The molecule has 0 aliphatic rings. The highest BCUT2D eigenvalue weighted by atomic mass is 31.2. The summed E-state index contributed by atoms with van der Waals surface area (Å²) in [6.07, 6.45) is 3.59. The van der Waals surface area contributed by atoms with E-state index >= 15 is 0 Å². The Balaban J connectivity index is 5.58. The Morgan fingerprint density at radius 1 is 1.00 bits per heavy atom. The highest BCUT2D eigenvalue weighted by Gasteiger charge is 2.35. The minimum atomic E-state index is -2.67. The molecule has 0 amide bonds. The molecule has 0 heterocycles. The van der Waals surface area contributed by atoms with Crippen LogP contribution < -0.4 is 0 Å².